The zero-order chi connectivity index (χ0) is 22.0. The predicted molar refractivity (Wildman–Crippen MR) is 119 cm³/mol. The van der Waals surface area contributed by atoms with Crippen LogP contribution in [0.3, 0.4) is 0 Å². The van der Waals surface area contributed by atoms with Gasteiger partial charge in [0.05, 0.1) is 12.7 Å². The van der Waals surface area contributed by atoms with Crippen LogP contribution < -0.4 is 14.8 Å². The Hall–Kier alpha value is -2.28. The Morgan fingerprint density at radius 2 is 1.81 bits per heavy atom. The molecule has 2 heterocycles. The maximum absolute atomic E-state index is 13.5. The first kappa shape index (κ1) is 21.9. The van der Waals surface area contributed by atoms with Gasteiger partial charge in [0.2, 0.25) is 5.91 Å². The van der Waals surface area contributed by atoms with Crippen molar-refractivity contribution in [3.63, 3.8) is 0 Å². The molecule has 1 aromatic rings. The number of likely N-dealkylation sites (tertiary alicyclic amines) is 1. The average Bonchev–Trinajstić information content (AvgIpc) is 3.31. The fourth-order valence-corrected chi connectivity index (χ4v) is 5.11. The number of rotatable bonds is 5. The summed E-state index contributed by atoms with van der Waals surface area (Å²) in [5.41, 5.74) is -0.456. The van der Waals surface area contributed by atoms with E-state index >= 15 is 0 Å². The van der Waals surface area contributed by atoms with Gasteiger partial charge in [0.15, 0.2) is 0 Å². The Bertz CT molecular complexity index is 811. The van der Waals surface area contributed by atoms with Crippen molar-refractivity contribution in [2.45, 2.75) is 70.1 Å². The standard InChI is InChI=1S/C24H35N3O4/c1-24(2)23(29)25-12-15-27(24)22(28)20-16-19(30-3)8-9-21(20)31-18-10-13-26(14-11-18)17-6-4-5-7-17/h8-9,16-18H,4-7,10-15H2,1-3H3,(H,25,29). The van der Waals surface area contributed by atoms with Gasteiger partial charge in [-0.2, -0.15) is 0 Å². The monoisotopic (exact) mass is 429 g/mol. The van der Waals surface area contributed by atoms with Gasteiger partial charge in [-0.05, 0) is 57.7 Å². The summed E-state index contributed by atoms with van der Waals surface area (Å²) in [7, 11) is 1.58. The Labute approximate surface area is 185 Å². The van der Waals surface area contributed by atoms with Crippen LogP contribution in [0.4, 0.5) is 0 Å². The number of hydrogen-bond acceptors (Lipinski definition) is 5. The number of nitrogens with zero attached hydrogens (tertiary/aromatic N) is 2. The first-order valence-corrected chi connectivity index (χ1v) is 11.6. The van der Waals surface area contributed by atoms with Gasteiger partial charge in [-0.25, -0.2) is 0 Å². The smallest absolute Gasteiger partial charge is 0.258 e. The lowest BCUT2D eigenvalue weighted by Gasteiger charge is -2.41. The van der Waals surface area contributed by atoms with Crippen LogP contribution in [0.25, 0.3) is 0 Å². The molecule has 2 aliphatic heterocycles. The van der Waals surface area contributed by atoms with Crippen molar-refractivity contribution in [1.29, 1.82) is 0 Å². The summed E-state index contributed by atoms with van der Waals surface area (Å²) >= 11 is 0. The summed E-state index contributed by atoms with van der Waals surface area (Å²) in [4.78, 5) is 30.1. The summed E-state index contributed by atoms with van der Waals surface area (Å²) < 4.78 is 11.7. The van der Waals surface area contributed by atoms with E-state index in [4.69, 9.17) is 9.47 Å². The highest BCUT2D eigenvalue weighted by Crippen LogP contribution is 2.32. The van der Waals surface area contributed by atoms with E-state index in [0.29, 0.717) is 30.2 Å². The molecule has 0 atom stereocenters. The summed E-state index contributed by atoms with van der Waals surface area (Å²) in [6, 6.07) is 6.13. The minimum Gasteiger partial charge on any atom is -0.497 e. The van der Waals surface area contributed by atoms with E-state index in [-0.39, 0.29) is 17.9 Å². The molecule has 2 saturated heterocycles. The quantitative estimate of drug-likeness (QED) is 0.779. The fourth-order valence-electron chi connectivity index (χ4n) is 5.11. The maximum Gasteiger partial charge on any atom is 0.258 e. The summed E-state index contributed by atoms with van der Waals surface area (Å²) in [5.74, 6) is 0.840. The second-order valence-electron chi connectivity index (χ2n) is 9.43. The molecule has 0 spiro atoms. The number of methoxy groups -OCH3 is 1. The molecule has 31 heavy (non-hydrogen) atoms. The van der Waals surface area contributed by atoms with Gasteiger partial charge in [-0.3, -0.25) is 9.59 Å². The molecule has 0 bridgehead atoms. The van der Waals surface area contributed by atoms with Crippen LogP contribution in [0.5, 0.6) is 11.5 Å². The molecular formula is C24H35N3O4. The number of hydrogen-bond donors (Lipinski definition) is 1. The molecule has 7 heteroatoms. The van der Waals surface area contributed by atoms with Crippen LogP contribution >= 0.6 is 0 Å². The highest BCUT2D eigenvalue weighted by Gasteiger charge is 2.41. The van der Waals surface area contributed by atoms with Crippen LogP contribution in [-0.2, 0) is 4.79 Å². The lowest BCUT2D eigenvalue weighted by atomic mass is 9.97. The third kappa shape index (κ3) is 4.52. The third-order valence-corrected chi connectivity index (χ3v) is 7.13. The highest BCUT2D eigenvalue weighted by atomic mass is 16.5. The molecule has 2 amide bonds. The molecule has 0 unspecified atom stereocenters. The van der Waals surface area contributed by atoms with Gasteiger partial charge in [0, 0.05) is 32.2 Å². The number of benzene rings is 1. The number of carbonyl (C=O) groups is 2. The Kier molecular flexibility index (Phi) is 6.42. The van der Waals surface area contributed by atoms with E-state index in [1.165, 1.54) is 25.7 Å². The summed E-state index contributed by atoms with van der Waals surface area (Å²) in [6.45, 7) is 6.57. The molecule has 7 nitrogen and oxygen atoms in total. The molecular weight excluding hydrogens is 394 g/mol. The first-order valence-electron chi connectivity index (χ1n) is 11.6. The topological polar surface area (TPSA) is 71.1 Å². The largest absolute Gasteiger partial charge is 0.497 e. The van der Waals surface area contributed by atoms with Crippen molar-refractivity contribution < 1.29 is 19.1 Å². The molecule has 170 valence electrons. The van der Waals surface area contributed by atoms with E-state index in [9.17, 15) is 9.59 Å². The van der Waals surface area contributed by atoms with E-state index < -0.39 is 5.54 Å². The van der Waals surface area contributed by atoms with Crippen molar-refractivity contribution in [1.82, 2.24) is 15.1 Å². The van der Waals surface area contributed by atoms with Crippen molar-refractivity contribution in [3.05, 3.63) is 23.8 Å². The van der Waals surface area contributed by atoms with Crippen LogP contribution in [-0.4, -0.2) is 72.6 Å². The number of ether oxygens (including phenoxy) is 2. The number of piperazine rings is 1. The van der Waals surface area contributed by atoms with Crippen LogP contribution in [0.1, 0.15) is 62.7 Å². The maximum atomic E-state index is 13.5. The molecule has 0 radical (unpaired) electrons. The zero-order valence-electron chi connectivity index (χ0n) is 19.0. The zero-order valence-corrected chi connectivity index (χ0v) is 19.0. The molecule has 0 aromatic heterocycles. The van der Waals surface area contributed by atoms with E-state index in [1.807, 2.05) is 12.1 Å². The average molecular weight is 430 g/mol. The summed E-state index contributed by atoms with van der Waals surface area (Å²) in [6.07, 6.45) is 7.37. The molecule has 1 aliphatic carbocycles. The van der Waals surface area contributed by atoms with E-state index in [2.05, 4.69) is 10.2 Å². The van der Waals surface area contributed by atoms with Crippen molar-refractivity contribution >= 4 is 11.8 Å². The second-order valence-corrected chi connectivity index (χ2v) is 9.43. The van der Waals surface area contributed by atoms with Gasteiger partial charge in [0.1, 0.15) is 23.1 Å². The molecule has 4 rings (SSSR count). The Morgan fingerprint density at radius 3 is 2.48 bits per heavy atom. The van der Waals surface area contributed by atoms with Gasteiger partial charge in [-0.1, -0.05) is 12.8 Å². The van der Waals surface area contributed by atoms with E-state index in [0.717, 1.165) is 32.0 Å². The number of carbonyl (C=O) groups excluding carboxylic acids is 2. The minimum absolute atomic E-state index is 0.0928. The molecule has 1 saturated carbocycles. The van der Waals surface area contributed by atoms with E-state index in [1.54, 1.807) is 31.9 Å². The van der Waals surface area contributed by atoms with Crippen molar-refractivity contribution in [3.8, 4) is 11.5 Å². The first-order chi connectivity index (χ1) is 14.9. The molecule has 3 aliphatic rings. The number of nitrogens with one attached hydrogen (secondary N) is 1. The predicted octanol–water partition coefficient (Wildman–Crippen LogP) is 2.83. The fraction of sp³-hybridized carbons (Fsp3) is 0.667. The molecule has 1 N–H and O–H groups in total. The normalized spacial score (nSPS) is 22.9. The van der Waals surface area contributed by atoms with Gasteiger partial charge in [-0.15, -0.1) is 0 Å². The molecule has 1 aromatic carbocycles. The Morgan fingerprint density at radius 1 is 1.10 bits per heavy atom. The van der Waals surface area contributed by atoms with Crippen molar-refractivity contribution in [2.24, 2.45) is 0 Å². The summed E-state index contributed by atoms with van der Waals surface area (Å²) in [5, 5.41) is 2.85. The lowest BCUT2D eigenvalue weighted by Crippen LogP contribution is -2.63. The number of piperidine rings is 1. The minimum atomic E-state index is -0.914. The SMILES string of the molecule is COc1ccc(OC2CCN(C3CCCC3)CC2)c(C(=O)N2CCNC(=O)C2(C)C)c1. The Balaban J connectivity index is 1.49. The van der Waals surface area contributed by atoms with Crippen LogP contribution in [0.2, 0.25) is 0 Å². The number of amides is 2. The van der Waals surface area contributed by atoms with Crippen LogP contribution in [0.15, 0.2) is 18.2 Å². The molecule has 3 fully saturated rings. The third-order valence-electron chi connectivity index (χ3n) is 7.13. The van der Waals surface area contributed by atoms with Crippen molar-refractivity contribution in [2.75, 3.05) is 33.3 Å². The van der Waals surface area contributed by atoms with Gasteiger partial charge < -0.3 is 24.6 Å². The highest BCUT2D eigenvalue weighted by molar-refractivity contribution is 6.01. The lowest BCUT2D eigenvalue weighted by molar-refractivity contribution is -0.133. The van der Waals surface area contributed by atoms with Gasteiger partial charge >= 0.3 is 0 Å². The van der Waals surface area contributed by atoms with Crippen LogP contribution in [0, 0.1) is 0 Å². The van der Waals surface area contributed by atoms with Gasteiger partial charge in [0.25, 0.3) is 5.91 Å². The second kappa shape index (κ2) is 9.07.